The van der Waals surface area contributed by atoms with Crippen molar-refractivity contribution in [3.05, 3.63) is 58.3 Å². The quantitative estimate of drug-likeness (QED) is 0.865. The smallest absolute Gasteiger partial charge is 0.267 e. The van der Waals surface area contributed by atoms with E-state index in [2.05, 4.69) is 5.43 Å². The summed E-state index contributed by atoms with van der Waals surface area (Å²) in [5.41, 5.74) is 3.27. The first kappa shape index (κ1) is 15.3. The molecule has 0 saturated carbocycles. The number of carbonyl (C=O) groups is 2. The first-order chi connectivity index (χ1) is 9.89. The Morgan fingerprint density at radius 2 is 1.71 bits per heavy atom. The van der Waals surface area contributed by atoms with Gasteiger partial charge in [0.05, 0.1) is 11.1 Å². The SMILES string of the molecule is CC(C)(C)N(NC(=O)c1ccsc1)C(=O)c1ccccc1. The predicted octanol–water partition coefficient (Wildman–Crippen LogP) is 3.33. The van der Waals surface area contributed by atoms with Crippen LogP contribution < -0.4 is 5.43 Å². The number of nitrogens with one attached hydrogen (secondary N) is 1. The van der Waals surface area contributed by atoms with Crippen molar-refractivity contribution < 1.29 is 9.59 Å². The highest BCUT2D eigenvalue weighted by Crippen LogP contribution is 2.16. The lowest BCUT2D eigenvalue weighted by Gasteiger charge is -2.35. The zero-order valence-corrected chi connectivity index (χ0v) is 13.1. The molecule has 2 rings (SSSR count). The minimum absolute atomic E-state index is 0.230. The number of hydrogen-bond acceptors (Lipinski definition) is 3. The van der Waals surface area contributed by atoms with E-state index < -0.39 is 5.54 Å². The molecular weight excluding hydrogens is 284 g/mol. The maximum absolute atomic E-state index is 12.6. The van der Waals surface area contributed by atoms with Crippen molar-refractivity contribution in [2.45, 2.75) is 26.3 Å². The fraction of sp³-hybridized carbons (Fsp3) is 0.250. The molecule has 0 unspecified atom stereocenters. The fourth-order valence-electron chi connectivity index (χ4n) is 1.79. The molecule has 0 fully saturated rings. The lowest BCUT2D eigenvalue weighted by Crippen LogP contribution is -2.55. The van der Waals surface area contributed by atoms with E-state index in [4.69, 9.17) is 0 Å². The normalized spacial score (nSPS) is 11.0. The van der Waals surface area contributed by atoms with Crippen molar-refractivity contribution in [3.8, 4) is 0 Å². The Labute approximate surface area is 128 Å². The molecule has 1 heterocycles. The van der Waals surface area contributed by atoms with Crippen molar-refractivity contribution >= 4 is 23.2 Å². The Morgan fingerprint density at radius 3 is 2.24 bits per heavy atom. The Kier molecular flexibility index (Phi) is 4.43. The van der Waals surface area contributed by atoms with Gasteiger partial charge in [0, 0.05) is 10.9 Å². The van der Waals surface area contributed by atoms with Crippen molar-refractivity contribution in [2.75, 3.05) is 0 Å². The van der Waals surface area contributed by atoms with Crippen LogP contribution >= 0.6 is 11.3 Å². The van der Waals surface area contributed by atoms with Crippen LogP contribution in [0.15, 0.2) is 47.2 Å². The van der Waals surface area contributed by atoms with Gasteiger partial charge in [-0.2, -0.15) is 11.3 Å². The van der Waals surface area contributed by atoms with E-state index in [1.165, 1.54) is 16.3 Å². The predicted molar refractivity (Wildman–Crippen MR) is 84.1 cm³/mol. The van der Waals surface area contributed by atoms with Gasteiger partial charge in [-0.3, -0.25) is 15.0 Å². The monoisotopic (exact) mass is 302 g/mol. The lowest BCUT2D eigenvalue weighted by atomic mass is 10.1. The highest BCUT2D eigenvalue weighted by atomic mass is 32.1. The largest absolute Gasteiger partial charge is 0.272 e. The molecule has 5 heteroatoms. The van der Waals surface area contributed by atoms with Crippen LogP contribution in [0.5, 0.6) is 0 Å². The molecule has 1 aromatic heterocycles. The Bertz CT molecular complexity index is 615. The van der Waals surface area contributed by atoms with Crippen molar-refractivity contribution in [3.63, 3.8) is 0 Å². The molecule has 0 saturated heterocycles. The Hall–Kier alpha value is -2.14. The average molecular weight is 302 g/mol. The summed E-state index contributed by atoms with van der Waals surface area (Å²) in [5, 5.41) is 4.96. The van der Waals surface area contributed by atoms with E-state index in [-0.39, 0.29) is 11.8 Å². The van der Waals surface area contributed by atoms with Gasteiger partial charge in [-0.05, 0) is 44.4 Å². The summed E-state index contributed by atoms with van der Waals surface area (Å²) >= 11 is 1.44. The molecule has 110 valence electrons. The zero-order valence-electron chi connectivity index (χ0n) is 12.3. The number of hydrogen-bond donors (Lipinski definition) is 1. The standard InChI is InChI=1S/C16H18N2O2S/c1-16(2,3)18(15(20)12-7-5-4-6-8-12)17-14(19)13-9-10-21-11-13/h4-11H,1-3H3,(H,17,19). The molecule has 0 aliphatic heterocycles. The van der Waals surface area contributed by atoms with Gasteiger partial charge < -0.3 is 0 Å². The molecule has 0 spiro atoms. The number of carbonyl (C=O) groups excluding carboxylic acids is 2. The van der Waals surface area contributed by atoms with Gasteiger partial charge in [0.2, 0.25) is 0 Å². The molecule has 2 amide bonds. The Morgan fingerprint density at radius 1 is 1.05 bits per heavy atom. The Balaban J connectivity index is 2.24. The first-order valence-electron chi connectivity index (χ1n) is 6.62. The second-order valence-corrected chi connectivity index (χ2v) is 6.41. The maximum atomic E-state index is 12.6. The van der Waals surface area contributed by atoms with Crippen LogP contribution in [0.4, 0.5) is 0 Å². The molecule has 2 aromatic rings. The highest BCUT2D eigenvalue weighted by Gasteiger charge is 2.29. The van der Waals surface area contributed by atoms with Crippen LogP contribution in [-0.2, 0) is 0 Å². The molecule has 0 aliphatic rings. The van der Waals surface area contributed by atoms with Gasteiger partial charge in [-0.25, -0.2) is 5.01 Å². The minimum atomic E-state index is -0.529. The third kappa shape index (κ3) is 3.70. The molecule has 4 nitrogen and oxygen atoms in total. The third-order valence-electron chi connectivity index (χ3n) is 2.89. The fourth-order valence-corrected chi connectivity index (χ4v) is 2.43. The lowest BCUT2D eigenvalue weighted by molar-refractivity contribution is 0.0359. The maximum Gasteiger partial charge on any atom is 0.272 e. The summed E-state index contributed by atoms with van der Waals surface area (Å²) in [7, 11) is 0. The second-order valence-electron chi connectivity index (χ2n) is 5.63. The van der Waals surface area contributed by atoms with Gasteiger partial charge >= 0.3 is 0 Å². The van der Waals surface area contributed by atoms with E-state index in [0.29, 0.717) is 11.1 Å². The van der Waals surface area contributed by atoms with Crippen molar-refractivity contribution in [1.82, 2.24) is 10.4 Å². The number of nitrogens with zero attached hydrogens (tertiary/aromatic N) is 1. The van der Waals surface area contributed by atoms with Gasteiger partial charge in [-0.1, -0.05) is 18.2 Å². The zero-order chi connectivity index (χ0) is 15.5. The third-order valence-corrected chi connectivity index (χ3v) is 3.57. The van der Waals surface area contributed by atoms with E-state index >= 15 is 0 Å². The molecular formula is C16H18N2O2S. The molecule has 1 N–H and O–H groups in total. The summed E-state index contributed by atoms with van der Waals surface area (Å²) in [6.45, 7) is 5.63. The molecule has 0 radical (unpaired) electrons. The summed E-state index contributed by atoms with van der Waals surface area (Å²) in [4.78, 5) is 24.8. The molecule has 1 aromatic carbocycles. The highest BCUT2D eigenvalue weighted by molar-refractivity contribution is 7.08. The molecule has 0 atom stereocenters. The number of benzene rings is 1. The number of rotatable bonds is 2. The van der Waals surface area contributed by atoms with E-state index in [1.54, 1.807) is 35.7 Å². The van der Waals surface area contributed by atoms with Gasteiger partial charge in [-0.15, -0.1) is 0 Å². The summed E-state index contributed by atoms with van der Waals surface area (Å²) in [5.74, 6) is -0.512. The summed E-state index contributed by atoms with van der Waals surface area (Å²) in [6, 6.07) is 10.6. The van der Waals surface area contributed by atoms with Crippen LogP contribution in [0, 0.1) is 0 Å². The molecule has 0 aliphatic carbocycles. The van der Waals surface area contributed by atoms with Gasteiger partial charge in [0.15, 0.2) is 0 Å². The average Bonchev–Trinajstić information content (AvgIpc) is 2.98. The van der Waals surface area contributed by atoms with Gasteiger partial charge in [0.25, 0.3) is 11.8 Å². The van der Waals surface area contributed by atoms with E-state index in [0.717, 1.165) is 0 Å². The van der Waals surface area contributed by atoms with Gasteiger partial charge in [0.1, 0.15) is 0 Å². The van der Waals surface area contributed by atoms with Crippen LogP contribution in [0.2, 0.25) is 0 Å². The number of thiophene rings is 1. The minimum Gasteiger partial charge on any atom is -0.267 e. The second kappa shape index (κ2) is 6.10. The van der Waals surface area contributed by atoms with E-state index in [1.807, 2.05) is 32.2 Å². The molecule has 21 heavy (non-hydrogen) atoms. The topological polar surface area (TPSA) is 49.4 Å². The summed E-state index contributed by atoms with van der Waals surface area (Å²) < 4.78 is 0. The van der Waals surface area contributed by atoms with Crippen molar-refractivity contribution in [2.24, 2.45) is 0 Å². The number of amides is 2. The van der Waals surface area contributed by atoms with Crippen LogP contribution in [0.1, 0.15) is 41.5 Å². The van der Waals surface area contributed by atoms with Crippen LogP contribution in [-0.4, -0.2) is 22.4 Å². The van der Waals surface area contributed by atoms with Crippen LogP contribution in [0.3, 0.4) is 0 Å². The summed E-state index contributed by atoms with van der Waals surface area (Å²) in [6.07, 6.45) is 0. The van der Waals surface area contributed by atoms with E-state index in [9.17, 15) is 9.59 Å². The van der Waals surface area contributed by atoms with Crippen LogP contribution in [0.25, 0.3) is 0 Å². The van der Waals surface area contributed by atoms with Crippen molar-refractivity contribution in [1.29, 1.82) is 0 Å². The molecule has 0 bridgehead atoms. The number of hydrazine groups is 1. The first-order valence-corrected chi connectivity index (χ1v) is 7.56.